The summed E-state index contributed by atoms with van der Waals surface area (Å²) in [5.74, 6) is 0.0476. The molecule has 0 aliphatic carbocycles. The molecule has 0 radical (unpaired) electrons. The quantitative estimate of drug-likeness (QED) is 0.676. The molecule has 1 atom stereocenters. The number of hydrogen-bond acceptors (Lipinski definition) is 2. The van der Waals surface area contributed by atoms with E-state index in [9.17, 15) is 8.78 Å². The summed E-state index contributed by atoms with van der Waals surface area (Å²) in [5, 5.41) is 8.66. The maximum absolute atomic E-state index is 11.9. The van der Waals surface area contributed by atoms with Gasteiger partial charge in [-0.2, -0.15) is 5.26 Å². The maximum atomic E-state index is 11.9. The molecule has 0 aromatic carbocycles. The highest BCUT2D eigenvalue weighted by atomic mass is 19.3. The Morgan fingerprint density at radius 1 is 1.54 bits per heavy atom. The minimum Gasteiger partial charge on any atom is -0.302 e. The summed E-state index contributed by atoms with van der Waals surface area (Å²) in [6.07, 6.45) is -0.413. The Morgan fingerprint density at radius 3 is 2.92 bits per heavy atom. The predicted molar refractivity (Wildman–Crippen MR) is 45.4 cm³/mol. The number of alkyl halides is 2. The third-order valence-electron chi connectivity index (χ3n) is 2.35. The van der Waals surface area contributed by atoms with Crippen LogP contribution in [0, 0.1) is 17.2 Å². The van der Waals surface area contributed by atoms with Gasteiger partial charge in [-0.1, -0.05) is 0 Å². The van der Waals surface area contributed by atoms with Crippen molar-refractivity contribution in [1.29, 1.82) is 5.26 Å². The maximum Gasteiger partial charge on any atom is 0.239 e. The number of rotatable bonds is 3. The first kappa shape index (κ1) is 10.4. The first-order chi connectivity index (χ1) is 6.22. The lowest BCUT2D eigenvalue weighted by Gasteiger charge is -2.29. The van der Waals surface area contributed by atoms with Crippen LogP contribution in [-0.4, -0.2) is 31.0 Å². The molecule has 0 saturated carbocycles. The summed E-state index contributed by atoms with van der Waals surface area (Å²) >= 11 is 0. The SMILES string of the molecule is N#CC1CCCN(CCC(F)F)C1. The first-order valence-corrected chi connectivity index (χ1v) is 4.62. The van der Waals surface area contributed by atoms with Crippen LogP contribution in [0.15, 0.2) is 0 Å². The molecule has 0 bridgehead atoms. The molecule has 0 spiro atoms. The lowest BCUT2D eigenvalue weighted by Crippen LogP contribution is -2.36. The summed E-state index contributed by atoms with van der Waals surface area (Å²) in [4.78, 5) is 1.96. The van der Waals surface area contributed by atoms with E-state index in [1.165, 1.54) is 0 Å². The topological polar surface area (TPSA) is 27.0 Å². The standard InChI is InChI=1S/C9H14F2N2/c10-9(11)3-5-13-4-1-2-8(6-12)7-13/h8-9H,1-5,7H2. The van der Waals surface area contributed by atoms with E-state index in [-0.39, 0.29) is 12.3 Å². The second-order valence-electron chi connectivity index (χ2n) is 3.45. The molecule has 74 valence electrons. The molecular weight excluding hydrogens is 174 g/mol. The van der Waals surface area contributed by atoms with Crippen molar-refractivity contribution < 1.29 is 8.78 Å². The molecule has 1 rings (SSSR count). The van der Waals surface area contributed by atoms with E-state index in [1.807, 2.05) is 4.90 Å². The molecule has 4 heteroatoms. The third kappa shape index (κ3) is 3.69. The van der Waals surface area contributed by atoms with Gasteiger partial charge >= 0.3 is 0 Å². The van der Waals surface area contributed by atoms with Crippen LogP contribution in [0.5, 0.6) is 0 Å². The highest BCUT2D eigenvalue weighted by molar-refractivity contribution is 4.88. The van der Waals surface area contributed by atoms with E-state index in [0.29, 0.717) is 13.1 Å². The van der Waals surface area contributed by atoms with Crippen LogP contribution in [0.25, 0.3) is 0 Å². The highest BCUT2D eigenvalue weighted by Crippen LogP contribution is 2.16. The van der Waals surface area contributed by atoms with Crippen molar-refractivity contribution >= 4 is 0 Å². The van der Waals surface area contributed by atoms with Crippen molar-refractivity contribution in [2.24, 2.45) is 5.92 Å². The van der Waals surface area contributed by atoms with Crippen molar-refractivity contribution in [2.45, 2.75) is 25.7 Å². The highest BCUT2D eigenvalue weighted by Gasteiger charge is 2.19. The van der Waals surface area contributed by atoms with E-state index in [2.05, 4.69) is 6.07 Å². The Labute approximate surface area is 77.1 Å². The molecule has 0 aromatic rings. The number of likely N-dealkylation sites (tertiary alicyclic amines) is 1. The van der Waals surface area contributed by atoms with E-state index in [4.69, 9.17) is 5.26 Å². The van der Waals surface area contributed by atoms with Crippen LogP contribution in [0.3, 0.4) is 0 Å². The number of hydrogen-bond donors (Lipinski definition) is 0. The molecule has 13 heavy (non-hydrogen) atoms. The minimum atomic E-state index is -2.22. The zero-order chi connectivity index (χ0) is 9.68. The molecule has 1 heterocycles. The van der Waals surface area contributed by atoms with Crippen LogP contribution < -0.4 is 0 Å². The minimum absolute atomic E-state index is 0.0476. The van der Waals surface area contributed by atoms with Crippen LogP contribution in [-0.2, 0) is 0 Å². The van der Waals surface area contributed by atoms with Gasteiger partial charge in [-0.15, -0.1) is 0 Å². The second-order valence-corrected chi connectivity index (χ2v) is 3.45. The number of halogens is 2. The van der Waals surface area contributed by atoms with Gasteiger partial charge in [0, 0.05) is 19.5 Å². The largest absolute Gasteiger partial charge is 0.302 e. The average molecular weight is 188 g/mol. The molecule has 1 saturated heterocycles. The first-order valence-electron chi connectivity index (χ1n) is 4.62. The van der Waals surface area contributed by atoms with Gasteiger partial charge in [-0.25, -0.2) is 8.78 Å². The van der Waals surface area contributed by atoms with Gasteiger partial charge in [0.1, 0.15) is 0 Å². The van der Waals surface area contributed by atoms with Gasteiger partial charge in [0.25, 0.3) is 0 Å². The fourth-order valence-electron chi connectivity index (χ4n) is 1.64. The molecule has 2 nitrogen and oxygen atoms in total. The number of piperidine rings is 1. The fourth-order valence-corrected chi connectivity index (χ4v) is 1.64. The smallest absolute Gasteiger partial charge is 0.239 e. The molecule has 1 aliphatic heterocycles. The van der Waals surface area contributed by atoms with E-state index >= 15 is 0 Å². The van der Waals surface area contributed by atoms with Crippen molar-refractivity contribution in [2.75, 3.05) is 19.6 Å². The predicted octanol–water partition coefficient (Wildman–Crippen LogP) is 1.88. The van der Waals surface area contributed by atoms with E-state index in [0.717, 1.165) is 19.4 Å². The van der Waals surface area contributed by atoms with Crippen LogP contribution >= 0.6 is 0 Å². The fraction of sp³-hybridized carbons (Fsp3) is 0.889. The normalized spacial score (nSPS) is 24.6. The van der Waals surface area contributed by atoms with Crippen LogP contribution in [0.2, 0.25) is 0 Å². The Hall–Kier alpha value is -0.690. The van der Waals surface area contributed by atoms with Crippen molar-refractivity contribution in [3.05, 3.63) is 0 Å². The van der Waals surface area contributed by atoms with Gasteiger partial charge < -0.3 is 4.90 Å². The lowest BCUT2D eigenvalue weighted by molar-refractivity contribution is 0.105. The van der Waals surface area contributed by atoms with Gasteiger partial charge in [-0.3, -0.25) is 0 Å². The Balaban J connectivity index is 2.23. The number of nitriles is 1. The lowest BCUT2D eigenvalue weighted by atomic mass is 10.00. The Morgan fingerprint density at radius 2 is 2.31 bits per heavy atom. The zero-order valence-electron chi connectivity index (χ0n) is 7.55. The molecule has 1 fully saturated rings. The second kappa shape index (κ2) is 5.13. The van der Waals surface area contributed by atoms with Gasteiger partial charge in [0.05, 0.1) is 12.0 Å². The molecule has 0 N–H and O–H groups in total. The Bertz CT molecular complexity index is 189. The summed E-state index contributed by atoms with van der Waals surface area (Å²) in [7, 11) is 0. The molecule has 0 aromatic heterocycles. The van der Waals surface area contributed by atoms with E-state index < -0.39 is 6.43 Å². The van der Waals surface area contributed by atoms with Crippen molar-refractivity contribution in [1.82, 2.24) is 4.90 Å². The van der Waals surface area contributed by atoms with Gasteiger partial charge in [-0.05, 0) is 19.4 Å². The van der Waals surface area contributed by atoms with Crippen molar-refractivity contribution in [3.63, 3.8) is 0 Å². The molecular formula is C9H14F2N2. The zero-order valence-corrected chi connectivity index (χ0v) is 7.55. The Kier molecular flexibility index (Phi) is 4.10. The van der Waals surface area contributed by atoms with Crippen LogP contribution in [0.1, 0.15) is 19.3 Å². The van der Waals surface area contributed by atoms with Gasteiger partial charge in [0.15, 0.2) is 0 Å². The average Bonchev–Trinajstić information content (AvgIpc) is 2.15. The summed E-state index contributed by atoms with van der Waals surface area (Å²) < 4.78 is 23.8. The summed E-state index contributed by atoms with van der Waals surface area (Å²) in [6, 6.07) is 2.19. The van der Waals surface area contributed by atoms with E-state index in [1.54, 1.807) is 0 Å². The van der Waals surface area contributed by atoms with Crippen molar-refractivity contribution in [3.8, 4) is 6.07 Å². The van der Waals surface area contributed by atoms with Crippen LogP contribution in [0.4, 0.5) is 8.78 Å². The number of nitrogens with zero attached hydrogens (tertiary/aromatic N) is 2. The molecule has 0 amide bonds. The third-order valence-corrected chi connectivity index (χ3v) is 2.35. The summed E-state index contributed by atoms with van der Waals surface area (Å²) in [5.41, 5.74) is 0. The molecule has 1 aliphatic rings. The molecule has 1 unspecified atom stereocenters. The summed E-state index contributed by atoms with van der Waals surface area (Å²) in [6.45, 7) is 1.96. The van der Waals surface area contributed by atoms with Gasteiger partial charge in [0.2, 0.25) is 6.43 Å². The monoisotopic (exact) mass is 188 g/mol.